The van der Waals surface area contributed by atoms with Crippen LogP contribution in [0.1, 0.15) is 54.4 Å². The first-order valence-corrected chi connectivity index (χ1v) is 9.90. The second-order valence-electron chi connectivity index (χ2n) is 9.10. The molecule has 3 aromatic heterocycles. The van der Waals surface area contributed by atoms with Gasteiger partial charge in [0.05, 0.1) is 11.7 Å². The number of fused-ring (bicyclic) bond motifs is 1. The first kappa shape index (κ1) is 16.1. The van der Waals surface area contributed by atoms with Gasteiger partial charge in [0.25, 0.3) is 5.91 Å². The van der Waals surface area contributed by atoms with E-state index in [0.717, 1.165) is 37.7 Å². The van der Waals surface area contributed by atoms with Crippen LogP contribution in [-0.4, -0.2) is 46.3 Å². The Kier molecular flexibility index (Phi) is 3.09. The number of tetrazole rings is 1. The van der Waals surface area contributed by atoms with Crippen LogP contribution in [0.5, 0.6) is 0 Å². The highest BCUT2D eigenvalue weighted by Crippen LogP contribution is 2.60. The number of hydrogen-bond donors (Lipinski definition) is 1. The van der Waals surface area contributed by atoms with E-state index in [0.29, 0.717) is 23.0 Å². The number of rotatable bonds is 3. The number of nitrogens with zero attached hydrogens (tertiary/aromatic N) is 7. The maximum Gasteiger partial charge on any atom is 0.257 e. The fourth-order valence-corrected chi connectivity index (χ4v) is 6.42. The third kappa shape index (κ3) is 2.25. The van der Waals surface area contributed by atoms with Gasteiger partial charge in [-0.3, -0.25) is 4.79 Å². The van der Waals surface area contributed by atoms with Crippen LogP contribution < -0.4 is 5.32 Å². The first-order chi connectivity index (χ1) is 13.5. The van der Waals surface area contributed by atoms with Crippen molar-refractivity contribution in [2.45, 2.75) is 56.5 Å². The molecule has 1 amide bonds. The van der Waals surface area contributed by atoms with Crippen LogP contribution in [0.25, 0.3) is 5.65 Å². The molecule has 0 spiro atoms. The maximum atomic E-state index is 13.2. The van der Waals surface area contributed by atoms with Gasteiger partial charge in [-0.25, -0.2) is 9.50 Å². The van der Waals surface area contributed by atoms with Crippen LogP contribution in [0.3, 0.4) is 0 Å². The van der Waals surface area contributed by atoms with Crippen molar-refractivity contribution >= 4 is 11.6 Å². The van der Waals surface area contributed by atoms with Crippen LogP contribution in [0.15, 0.2) is 24.9 Å². The minimum Gasteiger partial charge on any atom is -0.346 e. The van der Waals surface area contributed by atoms with Gasteiger partial charge in [0.1, 0.15) is 5.56 Å². The molecule has 9 nitrogen and oxygen atoms in total. The van der Waals surface area contributed by atoms with Gasteiger partial charge >= 0.3 is 0 Å². The molecule has 4 bridgehead atoms. The van der Waals surface area contributed by atoms with Crippen LogP contribution in [-0.2, 0) is 5.54 Å². The number of hydrogen-bond acceptors (Lipinski definition) is 6. The summed E-state index contributed by atoms with van der Waals surface area (Å²) in [6, 6.07) is 0. The van der Waals surface area contributed by atoms with Gasteiger partial charge in [-0.2, -0.15) is 9.90 Å². The van der Waals surface area contributed by atoms with Gasteiger partial charge in [-0.05, 0) is 68.1 Å². The lowest BCUT2D eigenvalue weighted by Gasteiger charge is -2.61. The average Bonchev–Trinajstić information content (AvgIpc) is 3.30. The molecule has 4 aliphatic carbocycles. The van der Waals surface area contributed by atoms with Crippen LogP contribution >= 0.6 is 0 Å². The fourth-order valence-electron chi connectivity index (χ4n) is 6.42. The summed E-state index contributed by atoms with van der Waals surface area (Å²) >= 11 is 0. The standard InChI is InChI=1S/C19H22N8O/c1-12-7-20-16-15(8-22-26(16)9-12)17(28)24-18-3-13-2-14(4-18)6-19(5-13,10-18)27-23-11-21-25-27/h7-9,11,13-14H,2-6,10H2,1H3,(H,24,28). The second kappa shape index (κ2) is 5.36. The minimum absolute atomic E-state index is 0.0880. The van der Waals surface area contributed by atoms with Crippen molar-refractivity contribution in [3.05, 3.63) is 36.0 Å². The highest BCUT2D eigenvalue weighted by molar-refractivity contribution is 6.00. The molecule has 9 heteroatoms. The Morgan fingerprint density at radius 3 is 2.75 bits per heavy atom. The van der Waals surface area contributed by atoms with Gasteiger partial charge in [-0.1, -0.05) is 0 Å². The molecule has 28 heavy (non-hydrogen) atoms. The Bertz CT molecular complexity index is 1060. The Hall–Kier alpha value is -2.84. The highest BCUT2D eigenvalue weighted by Gasteiger charge is 2.60. The van der Waals surface area contributed by atoms with Crippen molar-refractivity contribution in [1.29, 1.82) is 0 Å². The third-order valence-corrected chi connectivity index (χ3v) is 6.91. The minimum atomic E-state index is -0.215. The lowest BCUT2D eigenvalue weighted by atomic mass is 9.50. The SMILES string of the molecule is Cc1cnc2c(C(=O)NC34CC5CC(C3)CC(n3ncnn3)(C5)C4)cnn2c1. The summed E-state index contributed by atoms with van der Waals surface area (Å²) in [4.78, 5) is 19.5. The maximum absolute atomic E-state index is 13.2. The first-order valence-electron chi connectivity index (χ1n) is 9.90. The normalized spacial score (nSPS) is 33.5. The number of carbonyl (C=O) groups is 1. The number of aryl methyl sites for hydroxylation is 1. The Labute approximate surface area is 161 Å². The van der Waals surface area contributed by atoms with E-state index in [4.69, 9.17) is 0 Å². The van der Waals surface area contributed by atoms with Gasteiger partial charge in [0.15, 0.2) is 12.0 Å². The molecule has 4 saturated carbocycles. The van der Waals surface area contributed by atoms with Gasteiger partial charge < -0.3 is 5.32 Å². The van der Waals surface area contributed by atoms with E-state index < -0.39 is 0 Å². The zero-order valence-corrected chi connectivity index (χ0v) is 15.7. The summed E-state index contributed by atoms with van der Waals surface area (Å²) in [7, 11) is 0. The summed E-state index contributed by atoms with van der Waals surface area (Å²) in [5.41, 5.74) is 1.80. The monoisotopic (exact) mass is 378 g/mol. The highest BCUT2D eigenvalue weighted by atomic mass is 16.1. The van der Waals surface area contributed by atoms with Crippen molar-refractivity contribution in [3.63, 3.8) is 0 Å². The van der Waals surface area contributed by atoms with Crippen LogP contribution in [0.2, 0.25) is 0 Å². The summed E-state index contributed by atoms with van der Waals surface area (Å²) in [6.45, 7) is 1.96. The quantitative estimate of drug-likeness (QED) is 0.741. The van der Waals surface area contributed by atoms with Gasteiger partial charge in [0, 0.05) is 17.9 Å². The Balaban J connectivity index is 1.34. The van der Waals surface area contributed by atoms with E-state index in [9.17, 15) is 4.79 Å². The Morgan fingerprint density at radius 1 is 1.18 bits per heavy atom. The van der Waals surface area contributed by atoms with Crippen molar-refractivity contribution in [2.24, 2.45) is 11.8 Å². The average molecular weight is 378 g/mol. The molecular formula is C19H22N8O. The molecule has 0 aliphatic heterocycles. The molecule has 3 aromatic rings. The molecule has 2 atom stereocenters. The molecule has 2 unspecified atom stereocenters. The van der Waals surface area contributed by atoms with E-state index in [-0.39, 0.29) is 17.0 Å². The second-order valence-corrected chi connectivity index (χ2v) is 9.10. The molecule has 0 saturated heterocycles. The van der Waals surface area contributed by atoms with E-state index >= 15 is 0 Å². The lowest BCUT2D eigenvalue weighted by molar-refractivity contribution is -0.0810. The lowest BCUT2D eigenvalue weighted by Crippen LogP contribution is -2.66. The molecule has 7 rings (SSSR count). The van der Waals surface area contributed by atoms with Gasteiger partial charge in [0.2, 0.25) is 0 Å². The Morgan fingerprint density at radius 2 is 2.00 bits per heavy atom. The molecule has 4 fully saturated rings. The smallest absolute Gasteiger partial charge is 0.257 e. The number of amides is 1. The van der Waals surface area contributed by atoms with Crippen molar-refractivity contribution in [1.82, 2.24) is 40.1 Å². The van der Waals surface area contributed by atoms with E-state index in [1.807, 2.05) is 17.9 Å². The molecule has 4 aliphatic rings. The van der Waals surface area contributed by atoms with Crippen molar-refractivity contribution in [2.75, 3.05) is 0 Å². The summed E-state index contributed by atoms with van der Waals surface area (Å²) < 4.78 is 1.67. The van der Waals surface area contributed by atoms with Crippen molar-refractivity contribution < 1.29 is 4.79 Å². The van der Waals surface area contributed by atoms with E-state index in [1.54, 1.807) is 16.9 Å². The fraction of sp³-hybridized carbons (Fsp3) is 0.579. The third-order valence-electron chi connectivity index (χ3n) is 6.91. The van der Waals surface area contributed by atoms with Gasteiger partial charge in [-0.15, -0.1) is 10.2 Å². The van der Waals surface area contributed by atoms with Crippen molar-refractivity contribution in [3.8, 4) is 0 Å². The predicted molar refractivity (Wildman–Crippen MR) is 98.4 cm³/mol. The molecule has 0 aromatic carbocycles. The molecule has 144 valence electrons. The molecular weight excluding hydrogens is 356 g/mol. The summed E-state index contributed by atoms with van der Waals surface area (Å²) in [5, 5.41) is 20.3. The summed E-state index contributed by atoms with van der Waals surface area (Å²) in [6.07, 6.45) is 13.1. The number of nitrogens with one attached hydrogen (secondary N) is 1. The zero-order chi connectivity index (χ0) is 18.9. The molecule has 1 N–H and O–H groups in total. The predicted octanol–water partition coefficient (Wildman–Crippen LogP) is 1.50. The summed E-state index contributed by atoms with van der Waals surface area (Å²) in [5.74, 6) is 1.10. The largest absolute Gasteiger partial charge is 0.346 e. The van der Waals surface area contributed by atoms with E-state index in [2.05, 4.69) is 30.8 Å². The van der Waals surface area contributed by atoms with Crippen LogP contribution in [0, 0.1) is 18.8 Å². The number of carbonyl (C=O) groups excluding carboxylic acids is 1. The number of aromatic nitrogens is 7. The van der Waals surface area contributed by atoms with Crippen LogP contribution in [0.4, 0.5) is 0 Å². The molecule has 0 radical (unpaired) electrons. The molecule has 3 heterocycles. The van der Waals surface area contributed by atoms with E-state index in [1.165, 1.54) is 12.7 Å². The zero-order valence-electron chi connectivity index (χ0n) is 15.7. The topological polar surface area (TPSA) is 103 Å².